The van der Waals surface area contributed by atoms with E-state index in [9.17, 15) is 0 Å². The lowest BCUT2D eigenvalue weighted by Crippen LogP contribution is -2.24. The number of hydrogen-bond donors (Lipinski definition) is 0. The molecule has 48 valence electrons. The number of rotatable bonds is 1. The predicted molar refractivity (Wildman–Crippen MR) is 37.4 cm³/mol. The second-order valence-corrected chi connectivity index (χ2v) is 3.10. The van der Waals surface area contributed by atoms with Crippen molar-refractivity contribution in [1.29, 1.82) is 0 Å². The third-order valence-corrected chi connectivity index (χ3v) is 2.77. The van der Waals surface area contributed by atoms with E-state index in [1.54, 1.807) is 0 Å². The van der Waals surface area contributed by atoms with Crippen LogP contribution in [0.1, 0.15) is 19.8 Å². The molecule has 0 aromatic carbocycles. The van der Waals surface area contributed by atoms with Crippen molar-refractivity contribution in [3.8, 4) is 0 Å². The standard InChI is InChI=1S/C6H11BrO/c1-6(5-7)3-2-4-8-6/h2-5H2,1H3. The zero-order chi connectivity index (χ0) is 6.04. The largest absolute Gasteiger partial charge is 0.374 e. The molecular weight excluding hydrogens is 168 g/mol. The minimum absolute atomic E-state index is 0.153. The molecule has 8 heavy (non-hydrogen) atoms. The summed E-state index contributed by atoms with van der Waals surface area (Å²) in [5, 5.41) is 0.972. The van der Waals surface area contributed by atoms with E-state index >= 15 is 0 Å². The van der Waals surface area contributed by atoms with Gasteiger partial charge in [-0.3, -0.25) is 0 Å². The van der Waals surface area contributed by atoms with Crippen molar-refractivity contribution in [2.45, 2.75) is 25.4 Å². The van der Waals surface area contributed by atoms with Crippen LogP contribution in [0.5, 0.6) is 0 Å². The van der Waals surface area contributed by atoms with Gasteiger partial charge in [-0.05, 0) is 19.8 Å². The van der Waals surface area contributed by atoms with Crippen molar-refractivity contribution < 1.29 is 4.74 Å². The molecule has 1 nitrogen and oxygen atoms in total. The average Bonchev–Trinajstić information content (AvgIpc) is 2.17. The van der Waals surface area contributed by atoms with E-state index in [1.807, 2.05) is 0 Å². The molecule has 1 aliphatic heterocycles. The summed E-state index contributed by atoms with van der Waals surface area (Å²) in [5.41, 5.74) is 0.153. The number of halogens is 1. The van der Waals surface area contributed by atoms with E-state index in [1.165, 1.54) is 12.8 Å². The minimum Gasteiger partial charge on any atom is -0.374 e. The first-order valence-electron chi connectivity index (χ1n) is 2.97. The molecule has 0 bridgehead atoms. The van der Waals surface area contributed by atoms with Crippen molar-refractivity contribution in [2.75, 3.05) is 11.9 Å². The quantitative estimate of drug-likeness (QED) is 0.559. The van der Waals surface area contributed by atoms with Crippen LogP contribution in [0.25, 0.3) is 0 Å². The molecule has 0 amide bonds. The lowest BCUT2D eigenvalue weighted by molar-refractivity contribution is 0.0418. The Kier molecular flexibility index (Phi) is 1.93. The molecule has 0 aliphatic carbocycles. The van der Waals surface area contributed by atoms with Gasteiger partial charge in [-0.1, -0.05) is 15.9 Å². The highest BCUT2D eigenvalue weighted by Crippen LogP contribution is 2.26. The first kappa shape index (κ1) is 6.56. The van der Waals surface area contributed by atoms with Gasteiger partial charge in [-0.25, -0.2) is 0 Å². The Morgan fingerprint density at radius 2 is 2.50 bits per heavy atom. The first-order valence-corrected chi connectivity index (χ1v) is 4.09. The van der Waals surface area contributed by atoms with Gasteiger partial charge in [-0.2, -0.15) is 0 Å². The van der Waals surface area contributed by atoms with Gasteiger partial charge >= 0.3 is 0 Å². The van der Waals surface area contributed by atoms with E-state index in [0.29, 0.717) is 0 Å². The molecule has 0 aromatic rings. The number of ether oxygens (including phenoxy) is 1. The zero-order valence-corrected chi connectivity index (χ0v) is 6.70. The van der Waals surface area contributed by atoms with Crippen molar-refractivity contribution in [1.82, 2.24) is 0 Å². The molecule has 2 heteroatoms. The molecule has 0 aromatic heterocycles. The fraction of sp³-hybridized carbons (Fsp3) is 1.00. The normalized spacial score (nSPS) is 38.2. The Bertz CT molecular complexity index is 76.6. The van der Waals surface area contributed by atoms with Crippen molar-refractivity contribution in [2.24, 2.45) is 0 Å². The number of alkyl halides is 1. The second kappa shape index (κ2) is 2.36. The van der Waals surface area contributed by atoms with E-state index < -0.39 is 0 Å². The lowest BCUT2D eigenvalue weighted by Gasteiger charge is -2.18. The molecule has 1 saturated heterocycles. The molecule has 1 unspecified atom stereocenters. The van der Waals surface area contributed by atoms with E-state index in [0.717, 1.165) is 11.9 Å². The lowest BCUT2D eigenvalue weighted by atomic mass is 10.1. The first-order chi connectivity index (χ1) is 3.77. The third kappa shape index (κ3) is 1.23. The summed E-state index contributed by atoms with van der Waals surface area (Å²) in [6, 6.07) is 0. The molecule has 1 rings (SSSR count). The second-order valence-electron chi connectivity index (χ2n) is 2.54. The van der Waals surface area contributed by atoms with Crippen molar-refractivity contribution >= 4 is 15.9 Å². The summed E-state index contributed by atoms with van der Waals surface area (Å²) in [5.74, 6) is 0. The van der Waals surface area contributed by atoms with Crippen LogP contribution in [0.2, 0.25) is 0 Å². The van der Waals surface area contributed by atoms with Crippen LogP contribution in [0.4, 0.5) is 0 Å². The maximum atomic E-state index is 5.44. The molecule has 0 saturated carbocycles. The van der Waals surface area contributed by atoms with Crippen LogP contribution >= 0.6 is 15.9 Å². The van der Waals surface area contributed by atoms with Gasteiger partial charge in [0.25, 0.3) is 0 Å². The van der Waals surface area contributed by atoms with Gasteiger partial charge < -0.3 is 4.74 Å². The topological polar surface area (TPSA) is 9.23 Å². The van der Waals surface area contributed by atoms with Gasteiger partial charge in [0.15, 0.2) is 0 Å². The Morgan fingerprint density at radius 3 is 2.75 bits per heavy atom. The summed E-state index contributed by atoms with van der Waals surface area (Å²) in [6.07, 6.45) is 2.43. The highest BCUT2D eigenvalue weighted by atomic mass is 79.9. The van der Waals surface area contributed by atoms with Crippen LogP contribution in [-0.2, 0) is 4.74 Å². The van der Waals surface area contributed by atoms with E-state index in [2.05, 4.69) is 22.9 Å². The van der Waals surface area contributed by atoms with Crippen LogP contribution in [0.15, 0.2) is 0 Å². The van der Waals surface area contributed by atoms with Crippen LogP contribution < -0.4 is 0 Å². The molecule has 1 heterocycles. The summed E-state index contributed by atoms with van der Waals surface area (Å²) < 4.78 is 5.44. The van der Waals surface area contributed by atoms with Gasteiger partial charge in [0.1, 0.15) is 0 Å². The molecule has 0 radical (unpaired) electrons. The van der Waals surface area contributed by atoms with Crippen LogP contribution in [0.3, 0.4) is 0 Å². The summed E-state index contributed by atoms with van der Waals surface area (Å²) in [4.78, 5) is 0. The highest BCUT2D eigenvalue weighted by molar-refractivity contribution is 9.09. The number of hydrogen-bond acceptors (Lipinski definition) is 1. The molecule has 1 atom stereocenters. The summed E-state index contributed by atoms with van der Waals surface area (Å²) in [7, 11) is 0. The van der Waals surface area contributed by atoms with E-state index in [4.69, 9.17) is 4.74 Å². The van der Waals surface area contributed by atoms with Crippen LogP contribution in [0, 0.1) is 0 Å². The Hall–Kier alpha value is 0.440. The van der Waals surface area contributed by atoms with Crippen LogP contribution in [-0.4, -0.2) is 17.5 Å². The van der Waals surface area contributed by atoms with Gasteiger partial charge in [-0.15, -0.1) is 0 Å². The maximum Gasteiger partial charge on any atom is 0.0751 e. The molecule has 1 aliphatic rings. The van der Waals surface area contributed by atoms with Gasteiger partial charge in [0, 0.05) is 11.9 Å². The van der Waals surface area contributed by atoms with Gasteiger partial charge in [0.05, 0.1) is 5.60 Å². The smallest absolute Gasteiger partial charge is 0.0751 e. The summed E-state index contributed by atoms with van der Waals surface area (Å²) >= 11 is 3.41. The highest BCUT2D eigenvalue weighted by Gasteiger charge is 2.27. The third-order valence-electron chi connectivity index (χ3n) is 1.58. The fourth-order valence-corrected chi connectivity index (χ4v) is 1.38. The molecule has 0 N–H and O–H groups in total. The van der Waals surface area contributed by atoms with E-state index in [-0.39, 0.29) is 5.60 Å². The van der Waals surface area contributed by atoms with Gasteiger partial charge in [0.2, 0.25) is 0 Å². The predicted octanol–water partition coefficient (Wildman–Crippen LogP) is 1.95. The minimum atomic E-state index is 0.153. The molecular formula is C6H11BrO. The Labute approximate surface area is 58.5 Å². The average molecular weight is 179 g/mol. The Balaban J connectivity index is 2.40. The summed E-state index contributed by atoms with van der Waals surface area (Å²) in [6.45, 7) is 3.09. The monoisotopic (exact) mass is 178 g/mol. The zero-order valence-electron chi connectivity index (χ0n) is 5.11. The molecule has 1 fully saturated rings. The van der Waals surface area contributed by atoms with Crippen molar-refractivity contribution in [3.05, 3.63) is 0 Å². The SMILES string of the molecule is CC1(CBr)CCCO1. The fourth-order valence-electron chi connectivity index (χ4n) is 0.942. The molecule has 0 spiro atoms. The maximum absolute atomic E-state index is 5.44. The van der Waals surface area contributed by atoms with Crippen molar-refractivity contribution in [3.63, 3.8) is 0 Å². The Morgan fingerprint density at radius 1 is 1.75 bits per heavy atom.